The lowest BCUT2D eigenvalue weighted by Crippen LogP contribution is -2.30. The summed E-state index contributed by atoms with van der Waals surface area (Å²) >= 11 is 0. The summed E-state index contributed by atoms with van der Waals surface area (Å²) in [7, 11) is 2.09. The molecule has 3 heteroatoms. The van der Waals surface area contributed by atoms with Crippen LogP contribution < -0.4 is 0 Å². The van der Waals surface area contributed by atoms with Crippen molar-refractivity contribution in [2.24, 2.45) is 9.98 Å². The maximum Gasteiger partial charge on any atom is 0.112 e. The Morgan fingerprint density at radius 1 is 1.31 bits per heavy atom. The molecule has 76 valence electrons. The molecule has 0 amide bonds. The number of hydrogen-bond donors (Lipinski definition) is 0. The largest absolute Gasteiger partial charge is 0.284 e. The van der Waals surface area contributed by atoms with Gasteiger partial charge in [0.1, 0.15) is 6.17 Å². The number of rotatable bonds is 6. The van der Waals surface area contributed by atoms with Crippen molar-refractivity contribution >= 4 is 6.01 Å². The van der Waals surface area contributed by atoms with Gasteiger partial charge in [0.2, 0.25) is 0 Å². The second kappa shape index (κ2) is 7.96. The van der Waals surface area contributed by atoms with Gasteiger partial charge < -0.3 is 0 Å². The summed E-state index contributed by atoms with van der Waals surface area (Å²) in [5.74, 6) is 0. The fourth-order valence-corrected chi connectivity index (χ4v) is 1.18. The maximum atomic E-state index is 4.26. The van der Waals surface area contributed by atoms with E-state index in [-0.39, 0.29) is 6.17 Å². The molecule has 1 atom stereocenters. The van der Waals surface area contributed by atoms with Gasteiger partial charge in [-0.15, -0.1) is 0 Å². The van der Waals surface area contributed by atoms with E-state index in [0.29, 0.717) is 0 Å². The van der Waals surface area contributed by atoms with Gasteiger partial charge in [-0.25, -0.2) is 9.98 Å². The van der Waals surface area contributed by atoms with Gasteiger partial charge in [-0.05, 0) is 33.4 Å². The van der Waals surface area contributed by atoms with Gasteiger partial charge in [0.25, 0.3) is 0 Å². The zero-order valence-electron chi connectivity index (χ0n) is 9.25. The molecule has 0 heterocycles. The van der Waals surface area contributed by atoms with E-state index in [4.69, 9.17) is 0 Å². The predicted molar refractivity (Wildman–Crippen MR) is 57.4 cm³/mol. The number of aliphatic imine (C=N–C) groups is 2. The van der Waals surface area contributed by atoms with Crippen molar-refractivity contribution in [2.75, 3.05) is 20.1 Å². The van der Waals surface area contributed by atoms with E-state index in [2.05, 4.69) is 41.8 Å². The fourth-order valence-electron chi connectivity index (χ4n) is 1.18. The van der Waals surface area contributed by atoms with Crippen LogP contribution in [-0.2, 0) is 0 Å². The molecule has 0 N–H and O–H groups in total. The summed E-state index contributed by atoms with van der Waals surface area (Å²) in [6.45, 7) is 8.13. The molecule has 3 nitrogen and oxygen atoms in total. The average molecular weight is 183 g/mol. The normalized spacial score (nSPS) is 12.4. The smallest absolute Gasteiger partial charge is 0.112 e. The van der Waals surface area contributed by atoms with Crippen molar-refractivity contribution in [2.45, 2.75) is 39.8 Å². The van der Waals surface area contributed by atoms with Gasteiger partial charge in [0, 0.05) is 6.54 Å². The Balaban J connectivity index is 4.08. The average Bonchev–Trinajstić information content (AvgIpc) is 2.13. The van der Waals surface area contributed by atoms with Crippen LogP contribution in [0.5, 0.6) is 0 Å². The highest BCUT2D eigenvalue weighted by atomic mass is 15.2. The maximum absolute atomic E-state index is 4.26. The van der Waals surface area contributed by atoms with E-state index in [1.54, 1.807) is 0 Å². The van der Waals surface area contributed by atoms with Crippen LogP contribution in [0.1, 0.15) is 33.6 Å². The Labute approximate surface area is 81.6 Å². The Morgan fingerprint density at radius 2 is 2.00 bits per heavy atom. The SMILES string of the molecule is CCCN(C)C(CC)N=C=NCC. The Morgan fingerprint density at radius 3 is 2.46 bits per heavy atom. The lowest BCUT2D eigenvalue weighted by Gasteiger charge is -2.21. The van der Waals surface area contributed by atoms with Crippen LogP contribution in [0.2, 0.25) is 0 Å². The van der Waals surface area contributed by atoms with E-state index < -0.39 is 0 Å². The monoisotopic (exact) mass is 183 g/mol. The zero-order chi connectivity index (χ0) is 10.1. The zero-order valence-corrected chi connectivity index (χ0v) is 9.25. The lowest BCUT2D eigenvalue weighted by molar-refractivity contribution is 0.244. The van der Waals surface area contributed by atoms with Crippen LogP contribution in [0, 0.1) is 0 Å². The van der Waals surface area contributed by atoms with Crippen molar-refractivity contribution in [3.8, 4) is 0 Å². The molecule has 0 rings (SSSR count). The van der Waals surface area contributed by atoms with Crippen molar-refractivity contribution in [3.05, 3.63) is 0 Å². The first-order chi connectivity index (χ1) is 6.26. The topological polar surface area (TPSA) is 28.0 Å². The third kappa shape index (κ3) is 5.56. The highest BCUT2D eigenvalue weighted by Crippen LogP contribution is 2.02. The molecule has 0 aliphatic carbocycles. The molecular weight excluding hydrogens is 162 g/mol. The van der Waals surface area contributed by atoms with E-state index in [9.17, 15) is 0 Å². The molecule has 0 radical (unpaired) electrons. The van der Waals surface area contributed by atoms with Gasteiger partial charge in [-0.3, -0.25) is 4.90 Å². The predicted octanol–water partition coefficient (Wildman–Crippen LogP) is 2.26. The number of nitrogens with zero attached hydrogens (tertiary/aromatic N) is 3. The number of hydrogen-bond acceptors (Lipinski definition) is 3. The molecule has 0 aliphatic rings. The van der Waals surface area contributed by atoms with E-state index in [0.717, 1.165) is 25.9 Å². The third-order valence-corrected chi connectivity index (χ3v) is 1.89. The summed E-state index contributed by atoms with van der Waals surface area (Å²) in [6, 6.07) is 2.73. The molecule has 0 saturated heterocycles. The quantitative estimate of drug-likeness (QED) is 0.580. The minimum atomic E-state index is 0.246. The lowest BCUT2D eigenvalue weighted by atomic mass is 10.3. The van der Waals surface area contributed by atoms with Crippen molar-refractivity contribution in [1.82, 2.24) is 4.90 Å². The molecule has 0 aromatic heterocycles. The van der Waals surface area contributed by atoms with Crippen LogP contribution >= 0.6 is 0 Å². The van der Waals surface area contributed by atoms with Gasteiger partial charge in [-0.1, -0.05) is 13.8 Å². The molecule has 0 aromatic rings. The second-order valence-electron chi connectivity index (χ2n) is 3.07. The molecule has 0 aliphatic heterocycles. The molecule has 0 saturated carbocycles. The van der Waals surface area contributed by atoms with Crippen molar-refractivity contribution in [1.29, 1.82) is 0 Å². The molecule has 1 unspecified atom stereocenters. The molecule has 0 spiro atoms. The van der Waals surface area contributed by atoms with E-state index >= 15 is 0 Å². The summed E-state index contributed by atoms with van der Waals surface area (Å²) in [6.07, 6.45) is 2.42. The Hall–Kier alpha value is -0.660. The van der Waals surface area contributed by atoms with Gasteiger partial charge in [0.05, 0.1) is 6.01 Å². The van der Waals surface area contributed by atoms with E-state index in [1.807, 2.05) is 6.92 Å². The summed E-state index contributed by atoms with van der Waals surface area (Å²) in [4.78, 5) is 10.5. The van der Waals surface area contributed by atoms with Crippen LogP contribution in [0.3, 0.4) is 0 Å². The van der Waals surface area contributed by atoms with Crippen molar-refractivity contribution < 1.29 is 0 Å². The summed E-state index contributed by atoms with van der Waals surface area (Å²) in [5, 5.41) is 0. The van der Waals surface area contributed by atoms with Crippen molar-refractivity contribution in [3.63, 3.8) is 0 Å². The second-order valence-corrected chi connectivity index (χ2v) is 3.07. The first kappa shape index (κ1) is 12.3. The standard InChI is InChI=1S/C10H21N3/c1-5-8-13(4)10(6-2)12-9-11-7-3/h10H,5-8H2,1-4H3. The highest BCUT2D eigenvalue weighted by molar-refractivity contribution is 5.41. The van der Waals surface area contributed by atoms with Crippen LogP contribution in [-0.4, -0.2) is 37.2 Å². The first-order valence-electron chi connectivity index (χ1n) is 5.07. The highest BCUT2D eigenvalue weighted by Gasteiger charge is 2.08. The van der Waals surface area contributed by atoms with Crippen LogP contribution in [0.4, 0.5) is 0 Å². The molecule has 13 heavy (non-hydrogen) atoms. The van der Waals surface area contributed by atoms with Crippen LogP contribution in [0.15, 0.2) is 9.98 Å². The minimum absolute atomic E-state index is 0.246. The van der Waals surface area contributed by atoms with Gasteiger partial charge in [0.15, 0.2) is 0 Å². The van der Waals surface area contributed by atoms with E-state index in [1.165, 1.54) is 0 Å². The Bertz CT molecular complexity index is 171. The van der Waals surface area contributed by atoms with Gasteiger partial charge in [-0.2, -0.15) is 0 Å². The fraction of sp³-hybridized carbons (Fsp3) is 0.900. The summed E-state index contributed by atoms with van der Waals surface area (Å²) < 4.78 is 0. The first-order valence-corrected chi connectivity index (χ1v) is 5.07. The molecular formula is C10H21N3. The minimum Gasteiger partial charge on any atom is -0.284 e. The van der Waals surface area contributed by atoms with Gasteiger partial charge >= 0.3 is 0 Å². The Kier molecular flexibility index (Phi) is 7.56. The molecule has 0 fully saturated rings. The van der Waals surface area contributed by atoms with Crippen LogP contribution in [0.25, 0.3) is 0 Å². The molecule has 0 bridgehead atoms. The third-order valence-electron chi connectivity index (χ3n) is 1.89. The summed E-state index contributed by atoms with van der Waals surface area (Å²) in [5.41, 5.74) is 0. The molecule has 0 aromatic carbocycles.